The van der Waals surface area contributed by atoms with Gasteiger partial charge in [-0.2, -0.15) is 0 Å². The number of nitrogens with one attached hydrogen (secondary N) is 3. The molecule has 0 aliphatic heterocycles. The third-order valence-electron chi connectivity index (χ3n) is 2.84. The van der Waals surface area contributed by atoms with Crippen molar-refractivity contribution in [1.29, 1.82) is 0 Å². The fraction of sp³-hybridized carbons (Fsp3) is 0.733. The Balaban J connectivity index is 0.00000576. The van der Waals surface area contributed by atoms with Gasteiger partial charge in [-0.25, -0.2) is 9.79 Å². The quantitative estimate of drug-likeness (QED) is 0.242. The summed E-state index contributed by atoms with van der Waals surface area (Å²) in [6.45, 7) is 9.94. The Morgan fingerprint density at radius 2 is 1.96 bits per heavy atom. The summed E-state index contributed by atoms with van der Waals surface area (Å²) in [4.78, 5) is 16.0. The van der Waals surface area contributed by atoms with E-state index in [-0.39, 0.29) is 24.0 Å². The zero-order valence-corrected chi connectivity index (χ0v) is 18.0. The third kappa shape index (κ3) is 10.8. The summed E-state index contributed by atoms with van der Waals surface area (Å²) in [5, 5.41) is 16.9. The number of hydrogen-bond acceptors (Lipinski definition) is 5. The van der Waals surface area contributed by atoms with Gasteiger partial charge in [-0.15, -0.1) is 34.2 Å². The van der Waals surface area contributed by atoms with E-state index < -0.39 is 11.7 Å². The molecule has 0 saturated heterocycles. The highest BCUT2D eigenvalue weighted by atomic mass is 127. The second-order valence-electron chi connectivity index (χ2n) is 6.26. The number of aromatic nitrogens is 3. The zero-order valence-electron chi connectivity index (χ0n) is 15.6. The van der Waals surface area contributed by atoms with E-state index in [1.54, 1.807) is 6.33 Å². The first kappa shape index (κ1) is 23.4. The standard InChI is InChI=1S/C15H29N7O2.HI/c1-6-16-13(19-10-12-21-20-11-22(12)5)17-8-7-9-18-14(23)24-15(2,3)4;/h11H,6-10H2,1-5H3,(H,18,23)(H2,16,17,19);1H. The van der Waals surface area contributed by atoms with E-state index in [1.165, 1.54) is 0 Å². The monoisotopic (exact) mass is 467 g/mol. The number of halogens is 1. The molecule has 0 fully saturated rings. The van der Waals surface area contributed by atoms with Crippen LogP contribution in [-0.2, 0) is 18.3 Å². The van der Waals surface area contributed by atoms with Crippen LogP contribution in [-0.4, -0.2) is 52.1 Å². The number of carbonyl (C=O) groups is 1. The molecule has 0 radical (unpaired) electrons. The SMILES string of the molecule is CCNC(=NCc1nncn1C)NCCCNC(=O)OC(C)(C)C.I. The number of amides is 1. The molecule has 1 amide bonds. The van der Waals surface area contributed by atoms with Crippen LogP contribution < -0.4 is 16.0 Å². The van der Waals surface area contributed by atoms with Gasteiger partial charge in [0.2, 0.25) is 0 Å². The summed E-state index contributed by atoms with van der Waals surface area (Å²) < 4.78 is 7.00. The molecular formula is C15H30IN7O2. The van der Waals surface area contributed by atoms with Gasteiger partial charge < -0.3 is 25.3 Å². The number of ether oxygens (including phenoxy) is 1. The van der Waals surface area contributed by atoms with Crippen LogP contribution in [0.15, 0.2) is 11.3 Å². The van der Waals surface area contributed by atoms with Gasteiger partial charge in [0.05, 0.1) is 0 Å². The van der Waals surface area contributed by atoms with Crippen molar-refractivity contribution < 1.29 is 9.53 Å². The van der Waals surface area contributed by atoms with Crippen molar-refractivity contribution >= 4 is 36.0 Å². The Morgan fingerprint density at radius 3 is 2.52 bits per heavy atom. The van der Waals surface area contributed by atoms with Gasteiger partial charge >= 0.3 is 6.09 Å². The molecule has 1 heterocycles. The molecule has 10 heteroatoms. The van der Waals surface area contributed by atoms with Gasteiger partial charge in [0, 0.05) is 26.7 Å². The fourth-order valence-electron chi connectivity index (χ4n) is 1.74. The molecule has 0 bridgehead atoms. The van der Waals surface area contributed by atoms with E-state index in [1.807, 2.05) is 39.3 Å². The Hall–Kier alpha value is -1.59. The van der Waals surface area contributed by atoms with E-state index in [9.17, 15) is 4.79 Å². The average molecular weight is 467 g/mol. The van der Waals surface area contributed by atoms with Crippen molar-refractivity contribution in [3.05, 3.63) is 12.2 Å². The Kier molecular flexibility index (Phi) is 11.1. The summed E-state index contributed by atoms with van der Waals surface area (Å²) in [5.74, 6) is 1.50. The number of guanidine groups is 1. The normalized spacial score (nSPS) is 11.5. The van der Waals surface area contributed by atoms with Gasteiger partial charge in [0.15, 0.2) is 11.8 Å². The largest absolute Gasteiger partial charge is 0.444 e. The molecule has 0 spiro atoms. The summed E-state index contributed by atoms with van der Waals surface area (Å²) >= 11 is 0. The molecule has 9 nitrogen and oxygen atoms in total. The minimum absolute atomic E-state index is 0. The molecule has 0 aliphatic carbocycles. The smallest absolute Gasteiger partial charge is 0.407 e. The summed E-state index contributed by atoms with van der Waals surface area (Å²) in [6.07, 6.45) is 2.01. The van der Waals surface area contributed by atoms with Crippen molar-refractivity contribution in [2.45, 2.75) is 46.3 Å². The van der Waals surface area contributed by atoms with Crippen LogP contribution in [0.1, 0.15) is 39.9 Å². The highest BCUT2D eigenvalue weighted by Crippen LogP contribution is 2.06. The maximum atomic E-state index is 11.5. The lowest BCUT2D eigenvalue weighted by Gasteiger charge is -2.19. The van der Waals surface area contributed by atoms with Crippen molar-refractivity contribution in [2.75, 3.05) is 19.6 Å². The number of aliphatic imine (C=N–C) groups is 1. The van der Waals surface area contributed by atoms with Crippen molar-refractivity contribution in [2.24, 2.45) is 12.0 Å². The minimum atomic E-state index is -0.479. The summed E-state index contributed by atoms with van der Waals surface area (Å²) in [7, 11) is 1.88. The van der Waals surface area contributed by atoms with Crippen LogP contribution >= 0.6 is 24.0 Å². The molecule has 0 aromatic carbocycles. The first-order valence-electron chi connectivity index (χ1n) is 8.13. The Bertz CT molecular complexity index is 540. The van der Waals surface area contributed by atoms with Crippen LogP contribution in [0.2, 0.25) is 0 Å². The average Bonchev–Trinajstić information content (AvgIpc) is 2.87. The number of aryl methyl sites for hydroxylation is 1. The van der Waals surface area contributed by atoms with Gasteiger partial charge in [0.25, 0.3) is 0 Å². The molecule has 0 aliphatic rings. The number of carbonyl (C=O) groups excluding carboxylic acids is 1. The summed E-state index contributed by atoms with van der Waals surface area (Å²) in [5.41, 5.74) is -0.479. The van der Waals surface area contributed by atoms with Crippen molar-refractivity contribution in [3.8, 4) is 0 Å². The molecule has 0 atom stereocenters. The number of hydrogen-bond donors (Lipinski definition) is 3. The lowest BCUT2D eigenvalue weighted by molar-refractivity contribution is 0.0527. The number of rotatable bonds is 7. The molecule has 1 rings (SSSR count). The van der Waals surface area contributed by atoms with Crippen molar-refractivity contribution in [3.63, 3.8) is 0 Å². The second-order valence-corrected chi connectivity index (χ2v) is 6.26. The first-order chi connectivity index (χ1) is 11.3. The van der Waals surface area contributed by atoms with Crippen LogP contribution in [0.5, 0.6) is 0 Å². The zero-order chi connectivity index (χ0) is 18.0. The van der Waals surface area contributed by atoms with E-state index in [0.717, 1.165) is 18.8 Å². The topological polar surface area (TPSA) is 105 Å². The highest BCUT2D eigenvalue weighted by Gasteiger charge is 2.15. The van der Waals surface area contributed by atoms with Gasteiger partial charge in [-0.3, -0.25) is 0 Å². The lowest BCUT2D eigenvalue weighted by atomic mass is 10.2. The fourth-order valence-corrected chi connectivity index (χ4v) is 1.74. The van der Waals surface area contributed by atoms with E-state index in [2.05, 4.69) is 31.1 Å². The van der Waals surface area contributed by atoms with Crippen LogP contribution in [0.4, 0.5) is 4.79 Å². The molecule has 1 aromatic heterocycles. The molecule has 0 saturated carbocycles. The van der Waals surface area contributed by atoms with E-state index in [4.69, 9.17) is 4.74 Å². The number of alkyl carbamates (subject to hydrolysis) is 1. The second kappa shape index (κ2) is 11.9. The maximum Gasteiger partial charge on any atom is 0.407 e. The maximum absolute atomic E-state index is 11.5. The number of nitrogens with zero attached hydrogens (tertiary/aromatic N) is 4. The molecule has 144 valence electrons. The molecule has 0 unspecified atom stereocenters. The predicted octanol–water partition coefficient (Wildman–Crippen LogP) is 1.40. The van der Waals surface area contributed by atoms with Crippen LogP contribution in [0, 0.1) is 0 Å². The summed E-state index contributed by atoms with van der Waals surface area (Å²) in [6, 6.07) is 0. The minimum Gasteiger partial charge on any atom is -0.444 e. The first-order valence-corrected chi connectivity index (χ1v) is 8.13. The molecular weight excluding hydrogens is 437 g/mol. The van der Waals surface area contributed by atoms with Crippen LogP contribution in [0.3, 0.4) is 0 Å². The molecule has 1 aromatic rings. The van der Waals surface area contributed by atoms with E-state index in [0.29, 0.717) is 25.6 Å². The predicted molar refractivity (Wildman–Crippen MR) is 108 cm³/mol. The molecule has 25 heavy (non-hydrogen) atoms. The van der Waals surface area contributed by atoms with Crippen molar-refractivity contribution in [1.82, 2.24) is 30.7 Å². The van der Waals surface area contributed by atoms with Gasteiger partial charge in [-0.05, 0) is 34.1 Å². The molecule has 3 N–H and O–H groups in total. The van der Waals surface area contributed by atoms with Gasteiger partial charge in [-0.1, -0.05) is 0 Å². The van der Waals surface area contributed by atoms with E-state index >= 15 is 0 Å². The lowest BCUT2D eigenvalue weighted by Crippen LogP contribution is -2.39. The Morgan fingerprint density at radius 1 is 1.28 bits per heavy atom. The third-order valence-corrected chi connectivity index (χ3v) is 2.84. The van der Waals surface area contributed by atoms with Gasteiger partial charge in [0.1, 0.15) is 18.5 Å². The van der Waals surface area contributed by atoms with Crippen LogP contribution in [0.25, 0.3) is 0 Å². The highest BCUT2D eigenvalue weighted by molar-refractivity contribution is 14.0. The Labute approximate surface area is 166 Å².